The molecule has 0 atom stereocenters. The van der Waals surface area contributed by atoms with E-state index in [2.05, 4.69) is 15.8 Å². The highest BCUT2D eigenvalue weighted by Crippen LogP contribution is 2.38. The number of benzene rings is 2. The van der Waals surface area contributed by atoms with Gasteiger partial charge < -0.3 is 24.3 Å². The third kappa shape index (κ3) is 5.58. The number of hydrazone groups is 1. The first-order chi connectivity index (χ1) is 13.5. The van der Waals surface area contributed by atoms with Crippen molar-refractivity contribution in [1.29, 1.82) is 0 Å². The lowest BCUT2D eigenvalue weighted by Crippen LogP contribution is -2.24. The molecule has 0 unspecified atom stereocenters. The van der Waals surface area contributed by atoms with Crippen LogP contribution in [0.1, 0.15) is 12.5 Å². The first-order valence-electron chi connectivity index (χ1n) is 8.16. The van der Waals surface area contributed by atoms with Crippen LogP contribution in [0.25, 0.3) is 0 Å². The van der Waals surface area contributed by atoms with Gasteiger partial charge in [0.2, 0.25) is 5.75 Å². The number of carbonyl (C=O) groups excluding carboxylic acids is 1. The maximum absolute atomic E-state index is 11.3. The maximum Gasteiger partial charge on any atom is 0.308 e. The number of nitrogens with one attached hydrogen (secondary N) is 2. The van der Waals surface area contributed by atoms with E-state index in [-0.39, 0.29) is 10.9 Å². The summed E-state index contributed by atoms with van der Waals surface area (Å²) in [5.74, 6) is 1.06. The summed E-state index contributed by atoms with van der Waals surface area (Å²) in [6, 6.07) is 10.7. The van der Waals surface area contributed by atoms with Gasteiger partial charge in [0, 0.05) is 12.5 Å². The van der Waals surface area contributed by atoms with Gasteiger partial charge in [0.25, 0.3) is 0 Å². The molecule has 0 fully saturated rings. The van der Waals surface area contributed by atoms with Crippen molar-refractivity contribution in [2.45, 2.75) is 6.92 Å². The Labute approximate surface area is 168 Å². The van der Waals surface area contributed by atoms with E-state index in [1.165, 1.54) is 27.4 Å². The number of methoxy groups -OCH3 is 3. The predicted molar refractivity (Wildman–Crippen MR) is 111 cm³/mol. The highest BCUT2D eigenvalue weighted by molar-refractivity contribution is 7.80. The zero-order valence-electron chi connectivity index (χ0n) is 15.9. The van der Waals surface area contributed by atoms with Crippen LogP contribution >= 0.6 is 12.2 Å². The number of hydrogen-bond acceptors (Lipinski definition) is 7. The van der Waals surface area contributed by atoms with Crippen molar-refractivity contribution in [3.05, 3.63) is 42.0 Å². The van der Waals surface area contributed by atoms with Gasteiger partial charge in [0.1, 0.15) is 5.75 Å². The van der Waals surface area contributed by atoms with E-state index in [0.29, 0.717) is 28.5 Å². The lowest BCUT2D eigenvalue weighted by molar-refractivity contribution is -0.132. The number of rotatable bonds is 7. The second kappa shape index (κ2) is 10.1. The third-order valence-corrected chi connectivity index (χ3v) is 3.66. The summed E-state index contributed by atoms with van der Waals surface area (Å²) in [6.45, 7) is 1.30. The van der Waals surface area contributed by atoms with Crippen LogP contribution in [0.4, 0.5) is 5.69 Å². The smallest absolute Gasteiger partial charge is 0.308 e. The van der Waals surface area contributed by atoms with Gasteiger partial charge in [-0.25, -0.2) is 0 Å². The van der Waals surface area contributed by atoms with Crippen molar-refractivity contribution in [3.63, 3.8) is 0 Å². The molecule has 0 saturated carbocycles. The van der Waals surface area contributed by atoms with Crippen molar-refractivity contribution in [1.82, 2.24) is 5.43 Å². The minimum Gasteiger partial charge on any atom is -0.495 e. The Hall–Kier alpha value is -3.33. The quantitative estimate of drug-likeness (QED) is 0.240. The second-order valence-corrected chi connectivity index (χ2v) is 5.78. The van der Waals surface area contributed by atoms with Crippen LogP contribution in [0.15, 0.2) is 41.5 Å². The highest BCUT2D eigenvalue weighted by atomic mass is 32.1. The van der Waals surface area contributed by atoms with Crippen molar-refractivity contribution in [2.24, 2.45) is 5.10 Å². The first kappa shape index (κ1) is 21.0. The molecule has 0 radical (unpaired) electrons. The summed E-state index contributed by atoms with van der Waals surface area (Å²) in [5.41, 5.74) is 4.08. The van der Waals surface area contributed by atoms with Gasteiger partial charge in [-0.3, -0.25) is 10.2 Å². The van der Waals surface area contributed by atoms with Crippen LogP contribution in [0.3, 0.4) is 0 Å². The molecule has 148 valence electrons. The normalized spacial score (nSPS) is 10.3. The Kier molecular flexibility index (Phi) is 7.58. The number of ether oxygens (including phenoxy) is 4. The molecule has 0 spiro atoms. The van der Waals surface area contributed by atoms with E-state index >= 15 is 0 Å². The molecule has 2 N–H and O–H groups in total. The van der Waals surface area contributed by atoms with E-state index in [9.17, 15) is 4.79 Å². The molecule has 0 heterocycles. The first-order valence-corrected chi connectivity index (χ1v) is 8.56. The average molecular weight is 403 g/mol. The van der Waals surface area contributed by atoms with Gasteiger partial charge in [-0.2, -0.15) is 5.10 Å². The van der Waals surface area contributed by atoms with Gasteiger partial charge in [0.05, 0.1) is 33.2 Å². The number of esters is 1. The molecule has 2 aromatic carbocycles. The summed E-state index contributed by atoms with van der Waals surface area (Å²) >= 11 is 5.23. The number of hydrogen-bond donors (Lipinski definition) is 2. The van der Waals surface area contributed by atoms with E-state index < -0.39 is 5.97 Å². The summed E-state index contributed by atoms with van der Waals surface area (Å²) in [4.78, 5) is 11.3. The molecular formula is C19H21N3O5S. The molecule has 0 aliphatic rings. The molecular weight excluding hydrogens is 382 g/mol. The Morgan fingerprint density at radius 2 is 1.64 bits per heavy atom. The zero-order valence-corrected chi connectivity index (χ0v) is 16.8. The largest absolute Gasteiger partial charge is 0.495 e. The number of thiocarbonyl (C=S) groups is 1. The standard InChI is InChI=1S/C19H21N3O5S/c1-12(23)27-18-16(25-3)9-13(10-17(18)26-4)11-20-22-19(28)21-14-7-5-6-8-15(14)24-2/h5-11H,1-4H3,(H2,21,22,28)/b20-11+. The number of carbonyl (C=O) groups is 1. The molecule has 0 amide bonds. The van der Waals surface area contributed by atoms with E-state index in [1.54, 1.807) is 19.2 Å². The molecule has 9 heteroatoms. The fourth-order valence-corrected chi connectivity index (χ4v) is 2.45. The summed E-state index contributed by atoms with van der Waals surface area (Å²) in [6.07, 6.45) is 1.53. The van der Waals surface area contributed by atoms with Gasteiger partial charge in [0.15, 0.2) is 16.6 Å². The van der Waals surface area contributed by atoms with E-state index in [4.69, 9.17) is 31.2 Å². The number of anilines is 1. The van der Waals surface area contributed by atoms with Gasteiger partial charge in [-0.1, -0.05) is 12.1 Å². The summed E-state index contributed by atoms with van der Waals surface area (Å²) < 4.78 is 21.0. The fourth-order valence-electron chi connectivity index (χ4n) is 2.28. The van der Waals surface area contributed by atoms with E-state index in [0.717, 1.165) is 0 Å². The lowest BCUT2D eigenvalue weighted by atomic mass is 10.2. The Morgan fingerprint density at radius 3 is 2.21 bits per heavy atom. The maximum atomic E-state index is 11.3. The number of nitrogens with zero attached hydrogens (tertiary/aromatic N) is 1. The molecule has 0 aliphatic heterocycles. The van der Waals surface area contributed by atoms with Crippen LogP contribution in [-0.2, 0) is 4.79 Å². The minimum atomic E-state index is -0.479. The second-order valence-electron chi connectivity index (χ2n) is 5.37. The predicted octanol–water partition coefficient (Wildman–Crippen LogP) is 2.96. The van der Waals surface area contributed by atoms with Crippen molar-refractivity contribution in [3.8, 4) is 23.0 Å². The van der Waals surface area contributed by atoms with Crippen LogP contribution in [0, 0.1) is 0 Å². The van der Waals surface area contributed by atoms with Crippen molar-refractivity contribution in [2.75, 3.05) is 26.6 Å². The van der Waals surface area contributed by atoms with Crippen molar-refractivity contribution < 1.29 is 23.7 Å². The molecule has 0 bridgehead atoms. The molecule has 2 aromatic rings. The highest BCUT2D eigenvalue weighted by Gasteiger charge is 2.15. The van der Waals surface area contributed by atoms with Crippen LogP contribution < -0.4 is 29.7 Å². The summed E-state index contributed by atoms with van der Waals surface area (Å²) in [5, 5.41) is 7.38. The van der Waals surface area contributed by atoms with Gasteiger partial charge in [-0.05, 0) is 36.5 Å². The van der Waals surface area contributed by atoms with Gasteiger partial charge in [-0.15, -0.1) is 0 Å². The zero-order chi connectivity index (χ0) is 20.5. The Bertz CT molecular complexity index is 861. The molecule has 8 nitrogen and oxygen atoms in total. The Balaban J connectivity index is 2.11. The molecule has 28 heavy (non-hydrogen) atoms. The summed E-state index contributed by atoms with van der Waals surface area (Å²) in [7, 11) is 4.51. The number of para-hydroxylation sites is 2. The van der Waals surface area contributed by atoms with Crippen LogP contribution in [0.2, 0.25) is 0 Å². The van der Waals surface area contributed by atoms with Crippen LogP contribution in [-0.4, -0.2) is 38.6 Å². The van der Waals surface area contributed by atoms with Gasteiger partial charge >= 0.3 is 5.97 Å². The molecule has 2 rings (SSSR count). The van der Waals surface area contributed by atoms with Crippen LogP contribution in [0.5, 0.6) is 23.0 Å². The average Bonchev–Trinajstić information content (AvgIpc) is 2.68. The Morgan fingerprint density at radius 1 is 1.04 bits per heavy atom. The topological polar surface area (TPSA) is 90.4 Å². The van der Waals surface area contributed by atoms with E-state index in [1.807, 2.05) is 24.3 Å². The molecule has 0 aromatic heterocycles. The minimum absolute atomic E-state index is 0.205. The monoisotopic (exact) mass is 403 g/mol. The SMILES string of the molecule is COc1ccccc1NC(=S)N/N=C/c1cc(OC)c(OC(C)=O)c(OC)c1. The third-order valence-electron chi connectivity index (χ3n) is 3.46. The molecule has 0 saturated heterocycles. The lowest BCUT2D eigenvalue weighted by Gasteiger charge is -2.13. The van der Waals surface area contributed by atoms with Crippen molar-refractivity contribution >= 4 is 35.2 Å². The fraction of sp³-hybridized carbons (Fsp3) is 0.211. The molecule has 0 aliphatic carbocycles.